The zero-order chi connectivity index (χ0) is 13.1. The van der Waals surface area contributed by atoms with Gasteiger partial charge in [0, 0.05) is 12.5 Å². The van der Waals surface area contributed by atoms with E-state index in [1.54, 1.807) is 20.8 Å². The second-order valence-corrected chi connectivity index (χ2v) is 5.09. The molecule has 0 bridgehead atoms. The van der Waals surface area contributed by atoms with Crippen molar-refractivity contribution in [1.82, 2.24) is 5.32 Å². The van der Waals surface area contributed by atoms with Crippen LogP contribution in [0.3, 0.4) is 0 Å². The van der Waals surface area contributed by atoms with Crippen LogP contribution in [-0.4, -0.2) is 42.0 Å². The highest BCUT2D eigenvalue weighted by molar-refractivity contribution is 5.80. The van der Waals surface area contributed by atoms with E-state index in [-0.39, 0.29) is 5.92 Å². The smallest absolute Gasteiger partial charge is 0.408 e. The first-order valence-corrected chi connectivity index (χ1v) is 5.59. The minimum atomic E-state index is -1.06. The lowest BCUT2D eigenvalue weighted by atomic mass is 9.99. The molecule has 0 aromatic rings. The van der Waals surface area contributed by atoms with Crippen molar-refractivity contribution in [2.75, 3.05) is 13.2 Å². The minimum Gasteiger partial charge on any atom is -0.480 e. The molecule has 1 heterocycles. The molecule has 0 aromatic carbocycles. The summed E-state index contributed by atoms with van der Waals surface area (Å²) in [5.74, 6) is -1.26. The summed E-state index contributed by atoms with van der Waals surface area (Å²) in [6, 6.07) is -0.952. The van der Waals surface area contributed by atoms with Gasteiger partial charge >= 0.3 is 12.1 Å². The Hall–Kier alpha value is -1.30. The molecule has 2 N–H and O–H groups in total. The van der Waals surface area contributed by atoms with Crippen molar-refractivity contribution in [2.45, 2.75) is 38.8 Å². The largest absolute Gasteiger partial charge is 0.480 e. The molecule has 1 fully saturated rings. The molecular weight excluding hydrogens is 226 g/mol. The molecule has 1 saturated heterocycles. The average molecular weight is 245 g/mol. The predicted octanol–water partition coefficient (Wildman–Crippen LogP) is 1.00. The van der Waals surface area contributed by atoms with Crippen molar-refractivity contribution < 1.29 is 24.2 Å². The SMILES string of the molecule is CC(C)(C)OC(=O)N[C@@H](C(=O)O)[C@@H]1CCOC1. The highest BCUT2D eigenvalue weighted by Gasteiger charge is 2.33. The van der Waals surface area contributed by atoms with Gasteiger partial charge in [0.15, 0.2) is 0 Å². The summed E-state index contributed by atoms with van der Waals surface area (Å²) < 4.78 is 10.1. The van der Waals surface area contributed by atoms with Crippen LogP contribution in [0.1, 0.15) is 27.2 Å². The van der Waals surface area contributed by atoms with Gasteiger partial charge in [-0.3, -0.25) is 0 Å². The van der Waals surface area contributed by atoms with Gasteiger partial charge in [-0.15, -0.1) is 0 Å². The molecule has 0 unspecified atom stereocenters. The van der Waals surface area contributed by atoms with Crippen molar-refractivity contribution in [3.05, 3.63) is 0 Å². The Kier molecular flexibility index (Phi) is 4.34. The molecule has 1 aliphatic rings. The van der Waals surface area contributed by atoms with Crippen LogP contribution < -0.4 is 5.32 Å². The lowest BCUT2D eigenvalue weighted by molar-refractivity contribution is -0.141. The van der Waals surface area contributed by atoms with E-state index in [4.69, 9.17) is 14.6 Å². The van der Waals surface area contributed by atoms with Gasteiger partial charge in [0.1, 0.15) is 11.6 Å². The zero-order valence-corrected chi connectivity index (χ0v) is 10.4. The van der Waals surface area contributed by atoms with Crippen LogP contribution >= 0.6 is 0 Å². The normalized spacial score (nSPS) is 21.9. The Labute approximate surface area is 100 Å². The van der Waals surface area contributed by atoms with Gasteiger partial charge in [-0.25, -0.2) is 9.59 Å². The molecule has 6 nitrogen and oxygen atoms in total. The number of hydrogen-bond donors (Lipinski definition) is 2. The first-order chi connectivity index (χ1) is 7.79. The fraction of sp³-hybridized carbons (Fsp3) is 0.818. The van der Waals surface area contributed by atoms with E-state index in [1.165, 1.54) is 0 Å². The third kappa shape index (κ3) is 4.60. The lowest BCUT2D eigenvalue weighted by Crippen LogP contribution is -2.47. The number of amides is 1. The first-order valence-electron chi connectivity index (χ1n) is 5.59. The van der Waals surface area contributed by atoms with E-state index in [0.29, 0.717) is 19.6 Å². The van der Waals surface area contributed by atoms with Gasteiger partial charge in [0.25, 0.3) is 0 Å². The maximum atomic E-state index is 11.5. The van der Waals surface area contributed by atoms with Crippen LogP contribution in [0, 0.1) is 5.92 Å². The molecule has 17 heavy (non-hydrogen) atoms. The number of ether oxygens (including phenoxy) is 2. The fourth-order valence-electron chi connectivity index (χ4n) is 1.63. The number of rotatable bonds is 3. The van der Waals surface area contributed by atoms with Crippen LogP contribution in [0.4, 0.5) is 4.79 Å². The van der Waals surface area contributed by atoms with Gasteiger partial charge in [0.05, 0.1) is 6.61 Å². The number of nitrogens with one attached hydrogen (secondary N) is 1. The molecule has 0 aromatic heterocycles. The van der Waals surface area contributed by atoms with Crippen LogP contribution in [-0.2, 0) is 14.3 Å². The number of aliphatic carboxylic acids is 1. The number of carboxylic acid groups (broad SMARTS) is 1. The fourth-order valence-corrected chi connectivity index (χ4v) is 1.63. The van der Waals surface area contributed by atoms with Gasteiger partial charge in [-0.2, -0.15) is 0 Å². The molecular formula is C11H19NO5. The maximum absolute atomic E-state index is 11.5. The van der Waals surface area contributed by atoms with Crippen molar-refractivity contribution in [3.8, 4) is 0 Å². The molecule has 0 radical (unpaired) electrons. The number of alkyl carbamates (subject to hydrolysis) is 1. The molecule has 0 aliphatic carbocycles. The van der Waals surface area contributed by atoms with E-state index in [2.05, 4.69) is 5.32 Å². The molecule has 1 amide bonds. The quantitative estimate of drug-likeness (QED) is 0.774. The summed E-state index contributed by atoms with van der Waals surface area (Å²) in [7, 11) is 0. The van der Waals surface area contributed by atoms with Crippen molar-refractivity contribution >= 4 is 12.1 Å². The third-order valence-corrected chi connectivity index (χ3v) is 2.37. The number of hydrogen-bond acceptors (Lipinski definition) is 4. The minimum absolute atomic E-state index is 0.194. The lowest BCUT2D eigenvalue weighted by Gasteiger charge is -2.24. The highest BCUT2D eigenvalue weighted by Crippen LogP contribution is 2.17. The summed E-state index contributed by atoms with van der Waals surface area (Å²) in [5.41, 5.74) is -0.640. The van der Waals surface area contributed by atoms with Gasteiger partial charge in [-0.1, -0.05) is 0 Å². The molecule has 0 spiro atoms. The number of carbonyl (C=O) groups is 2. The molecule has 2 atom stereocenters. The number of carbonyl (C=O) groups excluding carboxylic acids is 1. The molecule has 1 aliphatic heterocycles. The second-order valence-electron chi connectivity index (χ2n) is 5.09. The summed E-state index contributed by atoms with van der Waals surface area (Å²) in [6.07, 6.45) is -0.0796. The van der Waals surface area contributed by atoms with Crippen LogP contribution in [0.25, 0.3) is 0 Å². The monoisotopic (exact) mass is 245 g/mol. The second kappa shape index (κ2) is 5.35. The van der Waals surface area contributed by atoms with E-state index >= 15 is 0 Å². The van der Waals surface area contributed by atoms with Gasteiger partial charge in [-0.05, 0) is 27.2 Å². The summed E-state index contributed by atoms with van der Waals surface area (Å²) in [4.78, 5) is 22.6. The Morgan fingerprint density at radius 2 is 2.12 bits per heavy atom. The van der Waals surface area contributed by atoms with Crippen LogP contribution in [0.5, 0.6) is 0 Å². The summed E-state index contributed by atoms with van der Waals surface area (Å²) in [5, 5.41) is 11.4. The van der Waals surface area contributed by atoms with Gasteiger partial charge in [0.2, 0.25) is 0 Å². The first kappa shape index (κ1) is 13.8. The maximum Gasteiger partial charge on any atom is 0.408 e. The third-order valence-electron chi connectivity index (χ3n) is 2.37. The molecule has 0 saturated carbocycles. The average Bonchev–Trinajstić information content (AvgIpc) is 2.63. The number of carboxylic acids is 1. The van der Waals surface area contributed by atoms with Crippen molar-refractivity contribution in [2.24, 2.45) is 5.92 Å². The topological polar surface area (TPSA) is 84.9 Å². The van der Waals surface area contributed by atoms with E-state index in [0.717, 1.165) is 0 Å². The summed E-state index contributed by atoms with van der Waals surface area (Å²) >= 11 is 0. The van der Waals surface area contributed by atoms with E-state index in [1.807, 2.05) is 0 Å². The zero-order valence-electron chi connectivity index (χ0n) is 10.4. The standard InChI is InChI=1S/C11H19NO5/c1-11(2,3)17-10(15)12-8(9(13)14)7-4-5-16-6-7/h7-8H,4-6H2,1-3H3,(H,12,15)(H,13,14)/t7-,8-/m1/s1. The van der Waals surface area contributed by atoms with Crippen LogP contribution in [0.15, 0.2) is 0 Å². The highest BCUT2D eigenvalue weighted by atomic mass is 16.6. The van der Waals surface area contributed by atoms with Crippen LogP contribution in [0.2, 0.25) is 0 Å². The molecule has 1 rings (SSSR count). The Bertz CT molecular complexity index is 291. The van der Waals surface area contributed by atoms with Crippen molar-refractivity contribution in [1.29, 1.82) is 0 Å². The Balaban J connectivity index is 2.55. The van der Waals surface area contributed by atoms with E-state index in [9.17, 15) is 9.59 Å². The summed E-state index contributed by atoms with van der Waals surface area (Å²) in [6.45, 7) is 6.06. The predicted molar refractivity (Wildman–Crippen MR) is 59.7 cm³/mol. The van der Waals surface area contributed by atoms with Gasteiger partial charge < -0.3 is 19.9 Å². The Morgan fingerprint density at radius 1 is 1.47 bits per heavy atom. The van der Waals surface area contributed by atoms with E-state index < -0.39 is 23.7 Å². The molecule has 6 heteroatoms. The van der Waals surface area contributed by atoms with Crippen molar-refractivity contribution in [3.63, 3.8) is 0 Å². The Morgan fingerprint density at radius 3 is 2.53 bits per heavy atom. The molecule has 98 valence electrons.